The maximum atomic E-state index is 11.6. The lowest BCUT2D eigenvalue weighted by Crippen LogP contribution is -2.24. The van der Waals surface area contributed by atoms with Gasteiger partial charge in [0.2, 0.25) is 5.78 Å². The summed E-state index contributed by atoms with van der Waals surface area (Å²) < 4.78 is 4.73. The van der Waals surface area contributed by atoms with Crippen molar-refractivity contribution in [2.45, 2.75) is 13.8 Å². The van der Waals surface area contributed by atoms with E-state index in [0.717, 1.165) is 0 Å². The molecule has 1 rings (SSSR count). The molecule has 0 bridgehead atoms. The molecule has 0 aromatic carbocycles. The summed E-state index contributed by atoms with van der Waals surface area (Å²) in [7, 11) is 0. The molecule has 1 heterocycles. The Morgan fingerprint density at radius 2 is 2.00 bits per heavy atom. The number of esters is 1. The summed E-state index contributed by atoms with van der Waals surface area (Å²) in [4.78, 5) is 30.4. The van der Waals surface area contributed by atoms with Gasteiger partial charge in [-0.2, -0.15) is 0 Å². The third kappa shape index (κ3) is 2.83. The molecule has 0 fully saturated rings. The molecule has 0 aliphatic rings. The summed E-state index contributed by atoms with van der Waals surface area (Å²) in [6, 6.07) is 1.60. The molecule has 15 heavy (non-hydrogen) atoms. The molecular formula is C10H12N2O3. The van der Waals surface area contributed by atoms with E-state index < -0.39 is 17.7 Å². The van der Waals surface area contributed by atoms with Gasteiger partial charge in [-0.1, -0.05) is 0 Å². The van der Waals surface area contributed by atoms with Crippen molar-refractivity contribution in [3.05, 3.63) is 24.3 Å². The van der Waals surface area contributed by atoms with Crippen molar-refractivity contribution < 1.29 is 14.3 Å². The first-order chi connectivity index (χ1) is 7.16. The van der Waals surface area contributed by atoms with Gasteiger partial charge in [0, 0.05) is 12.4 Å². The normalized spacial score (nSPS) is 11.9. The molecule has 0 N–H and O–H groups in total. The zero-order chi connectivity index (χ0) is 11.3. The van der Waals surface area contributed by atoms with Crippen LogP contribution in [-0.4, -0.2) is 28.3 Å². The highest BCUT2D eigenvalue weighted by molar-refractivity contribution is 6.06. The highest BCUT2D eigenvalue weighted by atomic mass is 16.5. The summed E-state index contributed by atoms with van der Waals surface area (Å²) in [5, 5.41) is 0. The van der Waals surface area contributed by atoms with Crippen LogP contribution in [0.1, 0.15) is 24.5 Å². The van der Waals surface area contributed by atoms with Crippen LogP contribution in [0.4, 0.5) is 0 Å². The number of carbonyl (C=O) groups excluding carboxylic acids is 2. The average molecular weight is 208 g/mol. The van der Waals surface area contributed by atoms with Crippen LogP contribution in [0.2, 0.25) is 0 Å². The molecule has 0 aliphatic carbocycles. The second kappa shape index (κ2) is 5.19. The Kier molecular flexibility index (Phi) is 3.91. The highest BCUT2D eigenvalue weighted by Gasteiger charge is 2.25. The van der Waals surface area contributed by atoms with Crippen LogP contribution in [0.15, 0.2) is 18.5 Å². The van der Waals surface area contributed by atoms with Crippen LogP contribution < -0.4 is 0 Å². The van der Waals surface area contributed by atoms with Crippen molar-refractivity contribution in [2.24, 2.45) is 5.92 Å². The maximum Gasteiger partial charge on any atom is 0.316 e. The predicted octanol–water partition coefficient (Wildman–Crippen LogP) is 0.859. The summed E-state index contributed by atoms with van der Waals surface area (Å²) in [5.74, 6) is -1.78. The first kappa shape index (κ1) is 11.3. The van der Waals surface area contributed by atoms with E-state index in [1.54, 1.807) is 13.0 Å². The number of aromatic nitrogens is 2. The predicted molar refractivity (Wildman–Crippen MR) is 52.2 cm³/mol. The smallest absolute Gasteiger partial charge is 0.316 e. The van der Waals surface area contributed by atoms with E-state index in [2.05, 4.69) is 9.97 Å². The molecule has 0 saturated carbocycles. The minimum Gasteiger partial charge on any atom is -0.465 e. The zero-order valence-corrected chi connectivity index (χ0v) is 8.64. The van der Waals surface area contributed by atoms with Crippen LogP contribution in [0, 0.1) is 5.92 Å². The molecule has 0 amide bonds. The monoisotopic (exact) mass is 208 g/mol. The number of nitrogens with zero attached hydrogens (tertiary/aromatic N) is 2. The van der Waals surface area contributed by atoms with Gasteiger partial charge in [-0.3, -0.25) is 9.59 Å². The molecule has 1 atom stereocenters. The van der Waals surface area contributed by atoms with Crippen molar-refractivity contribution >= 4 is 11.8 Å². The van der Waals surface area contributed by atoms with Gasteiger partial charge in [-0.25, -0.2) is 9.97 Å². The third-order valence-corrected chi connectivity index (χ3v) is 1.82. The van der Waals surface area contributed by atoms with Crippen LogP contribution in [0.5, 0.6) is 0 Å². The van der Waals surface area contributed by atoms with Crippen LogP contribution in [-0.2, 0) is 9.53 Å². The van der Waals surface area contributed by atoms with Gasteiger partial charge in [0.25, 0.3) is 0 Å². The van der Waals surface area contributed by atoms with Crippen molar-refractivity contribution in [2.75, 3.05) is 6.61 Å². The second-order valence-corrected chi connectivity index (χ2v) is 2.91. The molecule has 1 aromatic rings. The number of hydrogen-bond donors (Lipinski definition) is 0. The zero-order valence-electron chi connectivity index (χ0n) is 8.64. The van der Waals surface area contributed by atoms with Crippen molar-refractivity contribution in [1.82, 2.24) is 9.97 Å². The molecule has 0 saturated heterocycles. The van der Waals surface area contributed by atoms with Gasteiger partial charge in [-0.15, -0.1) is 0 Å². The average Bonchev–Trinajstić information content (AvgIpc) is 2.28. The third-order valence-electron chi connectivity index (χ3n) is 1.82. The Bertz CT molecular complexity index is 351. The Morgan fingerprint density at radius 1 is 1.40 bits per heavy atom. The van der Waals surface area contributed by atoms with Crippen LogP contribution in [0.3, 0.4) is 0 Å². The molecule has 5 heteroatoms. The summed E-state index contributed by atoms with van der Waals surface area (Å²) in [6.45, 7) is 3.43. The van der Waals surface area contributed by atoms with Crippen molar-refractivity contribution in [3.8, 4) is 0 Å². The van der Waals surface area contributed by atoms with E-state index in [0.29, 0.717) is 0 Å². The maximum absolute atomic E-state index is 11.6. The number of hydrogen-bond acceptors (Lipinski definition) is 5. The summed E-state index contributed by atoms with van der Waals surface area (Å²) in [6.07, 6.45) is 2.91. The second-order valence-electron chi connectivity index (χ2n) is 2.91. The topological polar surface area (TPSA) is 69.2 Å². The number of ether oxygens (including phenoxy) is 1. The fourth-order valence-corrected chi connectivity index (χ4v) is 0.994. The fraction of sp³-hybridized carbons (Fsp3) is 0.400. The van der Waals surface area contributed by atoms with E-state index in [4.69, 9.17) is 4.74 Å². The Balaban J connectivity index is 2.73. The van der Waals surface area contributed by atoms with Gasteiger partial charge in [0.15, 0.2) is 5.82 Å². The van der Waals surface area contributed by atoms with Gasteiger partial charge < -0.3 is 4.74 Å². The van der Waals surface area contributed by atoms with Gasteiger partial charge in [0.1, 0.15) is 5.92 Å². The SMILES string of the molecule is CCOC(=O)C(C)C(=O)c1ncccn1. The van der Waals surface area contributed by atoms with Gasteiger partial charge >= 0.3 is 5.97 Å². The first-order valence-corrected chi connectivity index (χ1v) is 4.64. The minimum atomic E-state index is -0.854. The lowest BCUT2D eigenvalue weighted by molar-refractivity contribution is -0.145. The molecule has 80 valence electrons. The lowest BCUT2D eigenvalue weighted by atomic mass is 10.1. The molecule has 1 aromatic heterocycles. The molecule has 0 radical (unpaired) electrons. The van der Waals surface area contributed by atoms with Crippen LogP contribution in [0.25, 0.3) is 0 Å². The van der Waals surface area contributed by atoms with E-state index in [1.807, 2.05) is 0 Å². The van der Waals surface area contributed by atoms with Gasteiger partial charge in [-0.05, 0) is 19.9 Å². The summed E-state index contributed by atoms with van der Waals surface area (Å²) >= 11 is 0. The Morgan fingerprint density at radius 3 is 2.53 bits per heavy atom. The fourth-order valence-electron chi connectivity index (χ4n) is 0.994. The number of rotatable bonds is 4. The quantitative estimate of drug-likeness (QED) is 0.417. The van der Waals surface area contributed by atoms with Crippen molar-refractivity contribution in [1.29, 1.82) is 0 Å². The van der Waals surface area contributed by atoms with Crippen LogP contribution >= 0.6 is 0 Å². The number of carbonyl (C=O) groups is 2. The molecule has 0 spiro atoms. The minimum absolute atomic E-state index is 0.0399. The van der Waals surface area contributed by atoms with Crippen molar-refractivity contribution in [3.63, 3.8) is 0 Å². The lowest BCUT2D eigenvalue weighted by Gasteiger charge is -2.07. The summed E-state index contributed by atoms with van der Waals surface area (Å²) in [5.41, 5.74) is 0. The Labute approximate surface area is 87.5 Å². The Hall–Kier alpha value is -1.78. The molecule has 5 nitrogen and oxygen atoms in total. The molecule has 1 unspecified atom stereocenters. The van der Waals surface area contributed by atoms with Gasteiger partial charge in [0.05, 0.1) is 6.61 Å². The molecular weight excluding hydrogens is 196 g/mol. The molecule has 0 aliphatic heterocycles. The highest BCUT2D eigenvalue weighted by Crippen LogP contribution is 2.05. The standard InChI is InChI=1S/C10H12N2O3/c1-3-15-10(14)7(2)8(13)9-11-5-4-6-12-9/h4-7H,3H2,1-2H3. The number of Topliss-reactive ketones (excluding diaryl/α,β-unsaturated/α-hetero) is 1. The number of ketones is 1. The largest absolute Gasteiger partial charge is 0.465 e. The first-order valence-electron chi connectivity index (χ1n) is 4.64. The van der Waals surface area contributed by atoms with E-state index in [9.17, 15) is 9.59 Å². The van der Waals surface area contributed by atoms with E-state index in [1.165, 1.54) is 19.3 Å². The van der Waals surface area contributed by atoms with E-state index in [-0.39, 0.29) is 12.4 Å². The van der Waals surface area contributed by atoms with E-state index >= 15 is 0 Å².